The summed E-state index contributed by atoms with van der Waals surface area (Å²) in [6.07, 6.45) is 0. The first kappa shape index (κ1) is 14.4. The zero-order valence-corrected chi connectivity index (χ0v) is 12.0. The van der Waals surface area contributed by atoms with Crippen molar-refractivity contribution >= 4 is 17.3 Å². The number of halogens is 2. The Labute approximate surface area is 123 Å². The lowest BCUT2D eigenvalue weighted by molar-refractivity contribution is 0.611. The Morgan fingerprint density at radius 1 is 1.25 bits per heavy atom. The summed E-state index contributed by atoms with van der Waals surface area (Å²) in [5.41, 5.74) is 1.68. The zero-order chi connectivity index (χ0) is 14.7. The molecule has 2 nitrogen and oxygen atoms in total. The number of benzene rings is 2. The maximum atomic E-state index is 14.0. The van der Waals surface area contributed by atoms with Crippen molar-refractivity contribution in [3.05, 3.63) is 64.4 Å². The standard InChI is InChI=1S/C16H14ClFN2/c1-11(13-5-3-4-6-14(13)17)20(2)16-8-7-12(10-19)9-15(16)18/h3-9,11H,1-2H3. The third kappa shape index (κ3) is 2.76. The van der Waals surface area contributed by atoms with Gasteiger partial charge in [-0.2, -0.15) is 5.26 Å². The summed E-state index contributed by atoms with van der Waals surface area (Å²) in [6, 6.07) is 13.8. The fourth-order valence-electron chi connectivity index (χ4n) is 2.09. The second-order valence-electron chi connectivity index (χ2n) is 4.59. The molecule has 20 heavy (non-hydrogen) atoms. The monoisotopic (exact) mass is 288 g/mol. The summed E-state index contributed by atoms with van der Waals surface area (Å²) in [6.45, 7) is 1.96. The summed E-state index contributed by atoms with van der Waals surface area (Å²) in [5.74, 6) is -0.412. The van der Waals surface area contributed by atoms with E-state index in [1.807, 2.05) is 37.3 Å². The molecule has 0 aliphatic rings. The van der Waals surface area contributed by atoms with Gasteiger partial charge in [0.15, 0.2) is 0 Å². The first-order chi connectivity index (χ1) is 9.54. The van der Waals surface area contributed by atoms with Crippen LogP contribution in [0.4, 0.5) is 10.1 Å². The summed E-state index contributed by atoms with van der Waals surface area (Å²) >= 11 is 6.17. The summed E-state index contributed by atoms with van der Waals surface area (Å²) in [4.78, 5) is 1.80. The van der Waals surface area contributed by atoms with E-state index >= 15 is 0 Å². The van der Waals surface area contributed by atoms with Gasteiger partial charge in [-0.05, 0) is 36.8 Å². The van der Waals surface area contributed by atoms with E-state index in [2.05, 4.69) is 0 Å². The van der Waals surface area contributed by atoms with E-state index < -0.39 is 5.82 Å². The minimum Gasteiger partial charge on any atom is -0.365 e. The molecule has 0 amide bonds. The second-order valence-corrected chi connectivity index (χ2v) is 4.99. The lowest BCUT2D eigenvalue weighted by Gasteiger charge is -2.28. The largest absolute Gasteiger partial charge is 0.365 e. The van der Waals surface area contributed by atoms with Crippen LogP contribution < -0.4 is 4.90 Å². The predicted octanol–water partition coefficient (Wildman–Crippen LogP) is 4.55. The predicted molar refractivity (Wildman–Crippen MR) is 79.4 cm³/mol. The van der Waals surface area contributed by atoms with Crippen molar-refractivity contribution in [1.82, 2.24) is 0 Å². The minimum absolute atomic E-state index is 0.0777. The van der Waals surface area contributed by atoms with Crippen LogP contribution >= 0.6 is 11.6 Å². The highest BCUT2D eigenvalue weighted by Crippen LogP contribution is 2.31. The molecule has 0 saturated heterocycles. The van der Waals surface area contributed by atoms with Crippen LogP contribution in [-0.4, -0.2) is 7.05 Å². The Balaban J connectivity index is 2.34. The number of hydrogen-bond donors (Lipinski definition) is 0. The topological polar surface area (TPSA) is 27.0 Å². The highest BCUT2D eigenvalue weighted by Gasteiger charge is 2.17. The van der Waals surface area contributed by atoms with Crippen molar-refractivity contribution in [3.63, 3.8) is 0 Å². The average Bonchev–Trinajstić information content (AvgIpc) is 2.46. The molecule has 0 aliphatic carbocycles. The van der Waals surface area contributed by atoms with E-state index in [0.717, 1.165) is 5.56 Å². The molecule has 0 fully saturated rings. The lowest BCUT2D eigenvalue weighted by Crippen LogP contribution is -2.22. The number of nitriles is 1. The molecule has 0 spiro atoms. The summed E-state index contributed by atoms with van der Waals surface area (Å²) in [5, 5.41) is 9.42. The fourth-order valence-corrected chi connectivity index (χ4v) is 2.39. The molecule has 0 aromatic heterocycles. The summed E-state index contributed by atoms with van der Waals surface area (Å²) < 4.78 is 14.0. The number of anilines is 1. The first-order valence-corrected chi connectivity index (χ1v) is 6.59. The van der Waals surface area contributed by atoms with Crippen molar-refractivity contribution in [3.8, 4) is 6.07 Å². The van der Waals surface area contributed by atoms with Gasteiger partial charge in [0.1, 0.15) is 5.82 Å². The molecule has 2 aromatic carbocycles. The molecule has 0 aliphatic heterocycles. The van der Waals surface area contributed by atoms with E-state index in [-0.39, 0.29) is 6.04 Å². The maximum absolute atomic E-state index is 14.0. The first-order valence-electron chi connectivity index (χ1n) is 6.21. The smallest absolute Gasteiger partial charge is 0.147 e. The van der Waals surface area contributed by atoms with Gasteiger partial charge in [-0.1, -0.05) is 29.8 Å². The third-order valence-corrected chi connectivity index (χ3v) is 3.74. The SMILES string of the molecule is CC(c1ccccc1Cl)N(C)c1ccc(C#N)cc1F. The van der Waals surface area contributed by atoms with E-state index in [1.165, 1.54) is 6.07 Å². The molecule has 0 saturated carbocycles. The van der Waals surface area contributed by atoms with Crippen LogP contribution in [0.2, 0.25) is 5.02 Å². The Hall–Kier alpha value is -2.05. The van der Waals surface area contributed by atoms with Crippen molar-refractivity contribution < 1.29 is 4.39 Å². The van der Waals surface area contributed by atoms with Gasteiger partial charge in [-0.15, -0.1) is 0 Å². The molecule has 1 atom stereocenters. The molecule has 4 heteroatoms. The Morgan fingerprint density at radius 2 is 1.95 bits per heavy atom. The van der Waals surface area contributed by atoms with Crippen molar-refractivity contribution in [1.29, 1.82) is 5.26 Å². The van der Waals surface area contributed by atoms with Gasteiger partial charge in [0.25, 0.3) is 0 Å². The van der Waals surface area contributed by atoms with Crippen LogP contribution in [0.5, 0.6) is 0 Å². The maximum Gasteiger partial charge on any atom is 0.147 e. The second kappa shape index (κ2) is 5.94. The highest BCUT2D eigenvalue weighted by molar-refractivity contribution is 6.31. The highest BCUT2D eigenvalue weighted by atomic mass is 35.5. The van der Waals surface area contributed by atoms with E-state index in [9.17, 15) is 4.39 Å². The average molecular weight is 289 g/mol. The van der Waals surface area contributed by atoms with Gasteiger partial charge in [0, 0.05) is 12.1 Å². The molecule has 0 N–H and O–H groups in total. The Kier molecular flexibility index (Phi) is 4.26. The summed E-state index contributed by atoms with van der Waals surface area (Å²) in [7, 11) is 1.80. The van der Waals surface area contributed by atoms with Gasteiger partial charge in [-0.25, -0.2) is 4.39 Å². The molecular weight excluding hydrogens is 275 g/mol. The van der Waals surface area contributed by atoms with E-state index in [4.69, 9.17) is 16.9 Å². The van der Waals surface area contributed by atoms with Crippen LogP contribution in [0.1, 0.15) is 24.1 Å². The zero-order valence-electron chi connectivity index (χ0n) is 11.3. The van der Waals surface area contributed by atoms with Crippen LogP contribution in [-0.2, 0) is 0 Å². The normalized spacial score (nSPS) is 11.8. The Bertz CT molecular complexity index is 664. The number of hydrogen-bond acceptors (Lipinski definition) is 2. The Morgan fingerprint density at radius 3 is 2.55 bits per heavy atom. The molecular formula is C16H14ClFN2. The fraction of sp³-hybridized carbons (Fsp3) is 0.188. The van der Waals surface area contributed by atoms with Gasteiger partial charge in [0.05, 0.1) is 23.4 Å². The van der Waals surface area contributed by atoms with E-state index in [1.54, 1.807) is 24.1 Å². The van der Waals surface area contributed by atoms with Gasteiger partial charge in [-0.3, -0.25) is 0 Å². The molecule has 1 unspecified atom stereocenters. The molecule has 2 aromatic rings. The number of rotatable bonds is 3. The quantitative estimate of drug-likeness (QED) is 0.828. The van der Waals surface area contributed by atoms with Crippen LogP contribution in [0.3, 0.4) is 0 Å². The van der Waals surface area contributed by atoms with Crippen molar-refractivity contribution in [2.45, 2.75) is 13.0 Å². The van der Waals surface area contributed by atoms with Gasteiger partial charge < -0.3 is 4.90 Å². The van der Waals surface area contributed by atoms with Gasteiger partial charge in [0.2, 0.25) is 0 Å². The van der Waals surface area contributed by atoms with Crippen LogP contribution in [0, 0.1) is 17.1 Å². The molecule has 102 valence electrons. The lowest BCUT2D eigenvalue weighted by atomic mass is 10.1. The molecule has 0 heterocycles. The third-order valence-electron chi connectivity index (χ3n) is 3.39. The molecule has 0 bridgehead atoms. The van der Waals surface area contributed by atoms with Crippen LogP contribution in [0.25, 0.3) is 0 Å². The van der Waals surface area contributed by atoms with Crippen molar-refractivity contribution in [2.24, 2.45) is 0 Å². The molecule has 2 rings (SSSR count). The van der Waals surface area contributed by atoms with Crippen molar-refractivity contribution in [2.75, 3.05) is 11.9 Å². The molecule has 0 radical (unpaired) electrons. The van der Waals surface area contributed by atoms with E-state index in [0.29, 0.717) is 16.3 Å². The number of nitrogens with zero attached hydrogens (tertiary/aromatic N) is 2. The minimum atomic E-state index is -0.412. The van der Waals surface area contributed by atoms with Crippen LogP contribution in [0.15, 0.2) is 42.5 Å². The van der Waals surface area contributed by atoms with Gasteiger partial charge >= 0.3 is 0 Å².